The monoisotopic (exact) mass is 175 g/mol. The first-order chi connectivity index (χ1) is 6.29. The molecule has 68 valence electrons. The van der Waals surface area contributed by atoms with Gasteiger partial charge in [0.05, 0.1) is 0 Å². The van der Waals surface area contributed by atoms with Crippen LogP contribution in [0.1, 0.15) is 34.3 Å². The van der Waals surface area contributed by atoms with Crippen LogP contribution in [0, 0.1) is 0 Å². The highest BCUT2D eigenvalue weighted by molar-refractivity contribution is 5.94. The molecule has 2 nitrogen and oxygen atoms in total. The van der Waals surface area contributed by atoms with Gasteiger partial charge in [0.15, 0.2) is 0 Å². The lowest BCUT2D eigenvalue weighted by atomic mass is 9.88. The number of hydrogen-bond acceptors (Lipinski definition) is 1. The maximum Gasteiger partial charge on any atom is 0.248 e. The van der Waals surface area contributed by atoms with Gasteiger partial charge in [-0.3, -0.25) is 4.79 Å². The molecule has 1 aromatic carbocycles. The fourth-order valence-corrected chi connectivity index (χ4v) is 2.01. The number of carbonyl (C=O) groups excluding carboxylic acids is 1. The quantitative estimate of drug-likeness (QED) is 0.693. The van der Waals surface area contributed by atoms with E-state index in [0.29, 0.717) is 0 Å². The predicted molar refractivity (Wildman–Crippen MR) is 51.6 cm³/mol. The van der Waals surface area contributed by atoms with E-state index in [-0.39, 0.29) is 5.91 Å². The maximum atomic E-state index is 11.1. The minimum absolute atomic E-state index is 0.293. The molecule has 0 radical (unpaired) electrons. The molecule has 0 atom stereocenters. The van der Waals surface area contributed by atoms with Crippen LogP contribution in [0.5, 0.6) is 0 Å². The molecule has 0 saturated carbocycles. The molecule has 0 spiro atoms. The van der Waals surface area contributed by atoms with E-state index in [9.17, 15) is 4.79 Å². The van der Waals surface area contributed by atoms with E-state index in [0.717, 1.165) is 18.4 Å². The van der Waals surface area contributed by atoms with Crippen LogP contribution in [-0.2, 0) is 12.8 Å². The lowest BCUT2D eigenvalue weighted by Gasteiger charge is -2.17. The first-order valence-electron chi connectivity index (χ1n) is 4.69. The molecule has 1 aromatic rings. The molecule has 0 fully saturated rings. The molecular formula is C11H13NO. The normalized spacial score (nSPS) is 15.1. The molecule has 0 aromatic heterocycles. The average molecular weight is 175 g/mol. The Morgan fingerprint density at radius 2 is 2.00 bits per heavy atom. The molecule has 2 heteroatoms. The average Bonchev–Trinajstić information content (AvgIpc) is 2.17. The van der Waals surface area contributed by atoms with Crippen molar-refractivity contribution in [2.75, 3.05) is 0 Å². The molecule has 1 aliphatic rings. The Labute approximate surface area is 77.8 Å². The number of benzene rings is 1. The number of amides is 1. The molecule has 1 aliphatic carbocycles. The highest BCUT2D eigenvalue weighted by atomic mass is 16.1. The lowest BCUT2D eigenvalue weighted by Crippen LogP contribution is -2.16. The van der Waals surface area contributed by atoms with Gasteiger partial charge < -0.3 is 5.73 Å². The number of fused-ring (bicyclic) bond motifs is 1. The molecule has 0 aliphatic heterocycles. The van der Waals surface area contributed by atoms with Gasteiger partial charge in [-0.15, -0.1) is 0 Å². The zero-order valence-corrected chi connectivity index (χ0v) is 7.55. The first-order valence-corrected chi connectivity index (χ1v) is 4.69. The number of primary amides is 1. The van der Waals surface area contributed by atoms with Gasteiger partial charge in [-0.1, -0.05) is 12.1 Å². The van der Waals surface area contributed by atoms with Crippen molar-refractivity contribution >= 4 is 5.91 Å². The summed E-state index contributed by atoms with van der Waals surface area (Å²) in [7, 11) is 0. The number of rotatable bonds is 1. The highest BCUT2D eigenvalue weighted by Gasteiger charge is 2.14. The van der Waals surface area contributed by atoms with E-state index in [4.69, 9.17) is 5.73 Å². The van der Waals surface area contributed by atoms with Gasteiger partial charge in [0, 0.05) is 5.56 Å². The summed E-state index contributed by atoms with van der Waals surface area (Å²) in [5, 5.41) is 0. The molecular weight excluding hydrogens is 162 g/mol. The van der Waals surface area contributed by atoms with Crippen LogP contribution < -0.4 is 5.73 Å². The van der Waals surface area contributed by atoms with E-state index >= 15 is 0 Å². The Morgan fingerprint density at radius 1 is 1.23 bits per heavy atom. The van der Waals surface area contributed by atoms with Gasteiger partial charge in [0.1, 0.15) is 0 Å². The van der Waals surface area contributed by atoms with E-state index in [1.807, 2.05) is 12.1 Å². The zero-order valence-electron chi connectivity index (χ0n) is 7.55. The summed E-state index contributed by atoms with van der Waals surface area (Å²) in [6.07, 6.45) is 4.51. The van der Waals surface area contributed by atoms with Crippen molar-refractivity contribution in [1.29, 1.82) is 0 Å². The van der Waals surface area contributed by atoms with Crippen molar-refractivity contribution < 1.29 is 4.79 Å². The van der Waals surface area contributed by atoms with Gasteiger partial charge in [-0.2, -0.15) is 0 Å². The second-order valence-electron chi connectivity index (χ2n) is 3.51. The Hall–Kier alpha value is -1.31. The third kappa shape index (κ3) is 1.44. The van der Waals surface area contributed by atoms with Crippen molar-refractivity contribution in [3.8, 4) is 0 Å². The summed E-state index contributed by atoms with van der Waals surface area (Å²) in [4.78, 5) is 11.1. The number of hydrogen-bond donors (Lipinski definition) is 1. The van der Waals surface area contributed by atoms with Crippen LogP contribution in [-0.4, -0.2) is 5.91 Å². The fourth-order valence-electron chi connectivity index (χ4n) is 2.01. The molecule has 13 heavy (non-hydrogen) atoms. The van der Waals surface area contributed by atoms with E-state index < -0.39 is 0 Å². The van der Waals surface area contributed by atoms with Crippen molar-refractivity contribution in [3.05, 3.63) is 34.9 Å². The van der Waals surface area contributed by atoms with E-state index in [2.05, 4.69) is 6.07 Å². The van der Waals surface area contributed by atoms with Gasteiger partial charge in [0.25, 0.3) is 0 Å². The third-order valence-electron chi connectivity index (χ3n) is 2.66. The molecule has 2 rings (SSSR count). The topological polar surface area (TPSA) is 43.1 Å². The molecule has 0 bridgehead atoms. The maximum absolute atomic E-state index is 11.1. The summed E-state index contributed by atoms with van der Waals surface area (Å²) in [6, 6.07) is 5.84. The third-order valence-corrected chi connectivity index (χ3v) is 2.66. The molecule has 1 amide bonds. The molecule has 0 saturated heterocycles. The van der Waals surface area contributed by atoms with Crippen molar-refractivity contribution in [2.24, 2.45) is 5.73 Å². The van der Waals surface area contributed by atoms with Crippen molar-refractivity contribution in [3.63, 3.8) is 0 Å². The Balaban J connectivity index is 2.52. The second kappa shape index (κ2) is 3.21. The van der Waals surface area contributed by atoms with E-state index in [1.54, 1.807) is 0 Å². The number of carbonyl (C=O) groups is 1. The lowest BCUT2D eigenvalue weighted by molar-refractivity contribution is 0.0999. The van der Waals surface area contributed by atoms with Crippen molar-refractivity contribution in [2.45, 2.75) is 25.7 Å². The smallest absolute Gasteiger partial charge is 0.248 e. The second-order valence-corrected chi connectivity index (χ2v) is 3.51. The van der Waals surface area contributed by atoms with Crippen LogP contribution >= 0.6 is 0 Å². The van der Waals surface area contributed by atoms with Crippen LogP contribution in [0.3, 0.4) is 0 Å². The van der Waals surface area contributed by atoms with Crippen LogP contribution in [0.15, 0.2) is 18.2 Å². The first kappa shape index (κ1) is 8.30. The number of nitrogens with two attached hydrogens (primary N) is 1. The minimum atomic E-state index is -0.293. The molecule has 0 heterocycles. The Bertz CT molecular complexity index is 344. The zero-order chi connectivity index (χ0) is 9.26. The summed E-state index contributed by atoms with van der Waals surface area (Å²) in [5.41, 5.74) is 8.51. The van der Waals surface area contributed by atoms with Crippen LogP contribution in [0.4, 0.5) is 0 Å². The summed E-state index contributed by atoms with van der Waals surface area (Å²) in [6.45, 7) is 0. The predicted octanol–water partition coefficient (Wildman–Crippen LogP) is 1.66. The van der Waals surface area contributed by atoms with Gasteiger partial charge >= 0.3 is 0 Å². The van der Waals surface area contributed by atoms with Gasteiger partial charge in [-0.05, 0) is 42.9 Å². The summed E-state index contributed by atoms with van der Waals surface area (Å²) in [5.74, 6) is -0.293. The van der Waals surface area contributed by atoms with E-state index in [1.165, 1.54) is 24.0 Å². The van der Waals surface area contributed by atoms with Crippen LogP contribution in [0.2, 0.25) is 0 Å². The van der Waals surface area contributed by atoms with Gasteiger partial charge in [-0.25, -0.2) is 0 Å². The summed E-state index contributed by atoms with van der Waals surface area (Å²) >= 11 is 0. The van der Waals surface area contributed by atoms with Crippen molar-refractivity contribution in [1.82, 2.24) is 0 Å². The summed E-state index contributed by atoms with van der Waals surface area (Å²) < 4.78 is 0. The largest absolute Gasteiger partial charge is 0.366 e. The standard InChI is InChI=1S/C11H13NO/c12-11(13)10-7-3-5-8-4-1-2-6-9(8)10/h3,5,7H,1-2,4,6H2,(H2,12,13). The Morgan fingerprint density at radius 3 is 2.77 bits per heavy atom. The minimum Gasteiger partial charge on any atom is -0.366 e. The SMILES string of the molecule is NC(=O)c1cccc2c1CCCC2. The number of aryl methyl sites for hydroxylation is 1. The van der Waals surface area contributed by atoms with Gasteiger partial charge in [0.2, 0.25) is 5.91 Å². The highest BCUT2D eigenvalue weighted by Crippen LogP contribution is 2.23. The molecule has 0 unspecified atom stereocenters. The fraction of sp³-hybridized carbons (Fsp3) is 0.364. The molecule has 2 N–H and O–H groups in total. The Kier molecular flexibility index (Phi) is 2.05. The van der Waals surface area contributed by atoms with Crippen LogP contribution in [0.25, 0.3) is 0 Å².